The van der Waals surface area contributed by atoms with Crippen molar-refractivity contribution in [1.82, 2.24) is 5.32 Å². The van der Waals surface area contributed by atoms with Crippen LogP contribution in [0.1, 0.15) is 303 Å². The average molecular weight is 836 g/mol. The molecule has 6 nitrogen and oxygen atoms in total. The molecule has 0 aromatic carbocycles. The van der Waals surface area contributed by atoms with E-state index in [2.05, 4.69) is 26.1 Å². The number of aliphatic hydroxyl groups excluding tert-OH is 2. The second kappa shape index (κ2) is 47.9. The number of amides is 1. The second-order valence-electron chi connectivity index (χ2n) is 18.6. The van der Waals surface area contributed by atoms with E-state index in [1.807, 2.05) is 0 Å². The number of unbranched alkanes of at least 4 members (excludes halogenated alkanes) is 37. The van der Waals surface area contributed by atoms with Crippen LogP contribution in [0.15, 0.2) is 0 Å². The molecule has 3 unspecified atom stereocenters. The molecule has 0 fully saturated rings. The highest BCUT2D eigenvalue weighted by Gasteiger charge is 2.24. The summed E-state index contributed by atoms with van der Waals surface area (Å²) < 4.78 is 5.94. The van der Waals surface area contributed by atoms with Crippen molar-refractivity contribution in [2.24, 2.45) is 0 Å². The first-order valence-electron chi connectivity index (χ1n) is 26.8. The maximum absolute atomic E-state index is 13.2. The largest absolute Gasteiger partial charge is 0.462 e. The molecular formula is C53H105NO5. The monoisotopic (exact) mass is 836 g/mol. The topological polar surface area (TPSA) is 95.9 Å². The van der Waals surface area contributed by atoms with Crippen molar-refractivity contribution < 1.29 is 24.5 Å². The van der Waals surface area contributed by atoms with Crippen LogP contribution in [0.4, 0.5) is 0 Å². The van der Waals surface area contributed by atoms with Gasteiger partial charge in [-0.05, 0) is 25.7 Å². The zero-order valence-corrected chi connectivity index (χ0v) is 40.2. The van der Waals surface area contributed by atoms with Crippen molar-refractivity contribution in [3.8, 4) is 0 Å². The van der Waals surface area contributed by atoms with Crippen molar-refractivity contribution in [3.63, 3.8) is 0 Å². The number of esters is 1. The lowest BCUT2D eigenvalue weighted by Gasteiger charge is -2.24. The van der Waals surface area contributed by atoms with Crippen LogP contribution in [0.25, 0.3) is 0 Å². The SMILES string of the molecule is CCCCCCCCCCCCCCCCCCC(O)C(CO)NC(=O)CC(CCCCCCCCCCCCCC)OC(=O)CCCCCCCCCCCCCC. The summed E-state index contributed by atoms with van der Waals surface area (Å²) in [5.74, 6) is -0.451. The lowest BCUT2D eigenvalue weighted by atomic mass is 10.0. The summed E-state index contributed by atoms with van der Waals surface area (Å²) in [5.41, 5.74) is 0. The summed E-state index contributed by atoms with van der Waals surface area (Å²) >= 11 is 0. The first kappa shape index (κ1) is 57.9. The van der Waals surface area contributed by atoms with Crippen LogP contribution in [0.2, 0.25) is 0 Å². The van der Waals surface area contributed by atoms with Crippen molar-refractivity contribution in [2.45, 2.75) is 322 Å². The van der Waals surface area contributed by atoms with E-state index in [9.17, 15) is 19.8 Å². The van der Waals surface area contributed by atoms with Gasteiger partial charge in [0.15, 0.2) is 0 Å². The molecule has 0 rings (SSSR count). The van der Waals surface area contributed by atoms with E-state index >= 15 is 0 Å². The molecule has 3 N–H and O–H groups in total. The Balaban J connectivity index is 4.45. The molecule has 0 aliphatic carbocycles. The van der Waals surface area contributed by atoms with E-state index in [1.165, 1.54) is 212 Å². The molecule has 352 valence electrons. The van der Waals surface area contributed by atoms with E-state index in [1.54, 1.807) is 0 Å². The van der Waals surface area contributed by atoms with Gasteiger partial charge < -0.3 is 20.3 Å². The van der Waals surface area contributed by atoms with Crippen LogP contribution < -0.4 is 5.32 Å². The van der Waals surface area contributed by atoms with E-state index in [0.29, 0.717) is 19.3 Å². The van der Waals surface area contributed by atoms with Gasteiger partial charge >= 0.3 is 5.97 Å². The smallest absolute Gasteiger partial charge is 0.306 e. The number of hydrogen-bond donors (Lipinski definition) is 3. The third-order valence-corrected chi connectivity index (χ3v) is 12.7. The average Bonchev–Trinajstić information content (AvgIpc) is 3.23. The van der Waals surface area contributed by atoms with E-state index < -0.39 is 18.2 Å². The van der Waals surface area contributed by atoms with Crippen LogP contribution in [0.5, 0.6) is 0 Å². The third kappa shape index (κ3) is 43.3. The fraction of sp³-hybridized carbons (Fsp3) is 0.962. The molecule has 0 aliphatic heterocycles. The van der Waals surface area contributed by atoms with Gasteiger partial charge in [0, 0.05) is 6.42 Å². The fourth-order valence-corrected chi connectivity index (χ4v) is 8.61. The first-order chi connectivity index (χ1) is 29.0. The minimum atomic E-state index is -0.779. The molecule has 0 saturated carbocycles. The Kier molecular flexibility index (Phi) is 47.0. The van der Waals surface area contributed by atoms with Crippen LogP contribution in [0.3, 0.4) is 0 Å². The minimum absolute atomic E-state index is 0.0878. The number of aliphatic hydroxyl groups is 2. The van der Waals surface area contributed by atoms with Gasteiger partial charge in [0.05, 0.1) is 25.2 Å². The van der Waals surface area contributed by atoms with Crippen LogP contribution in [-0.2, 0) is 14.3 Å². The van der Waals surface area contributed by atoms with E-state index in [-0.39, 0.29) is 24.9 Å². The van der Waals surface area contributed by atoms with Crippen LogP contribution in [-0.4, -0.2) is 46.9 Å². The van der Waals surface area contributed by atoms with Crippen LogP contribution in [0, 0.1) is 0 Å². The summed E-state index contributed by atoms with van der Waals surface area (Å²) in [4.78, 5) is 26.1. The highest BCUT2D eigenvalue weighted by Crippen LogP contribution is 2.19. The molecule has 3 atom stereocenters. The Bertz CT molecular complexity index is 852. The molecule has 1 amide bonds. The summed E-state index contributed by atoms with van der Waals surface area (Å²) in [6.07, 6.45) is 51.6. The molecule has 0 heterocycles. The number of carbonyl (C=O) groups excluding carboxylic acids is 2. The Labute approximate surface area is 368 Å². The predicted octanol–water partition coefficient (Wildman–Crippen LogP) is 16.0. The van der Waals surface area contributed by atoms with Gasteiger partial charge in [-0.1, -0.05) is 265 Å². The second-order valence-corrected chi connectivity index (χ2v) is 18.6. The minimum Gasteiger partial charge on any atom is -0.462 e. The lowest BCUT2D eigenvalue weighted by molar-refractivity contribution is -0.151. The van der Waals surface area contributed by atoms with Gasteiger partial charge in [-0.15, -0.1) is 0 Å². The predicted molar refractivity (Wildman–Crippen MR) is 255 cm³/mol. The molecule has 0 bridgehead atoms. The molecule has 0 spiro atoms. The van der Waals surface area contributed by atoms with E-state index in [4.69, 9.17) is 4.74 Å². The Morgan fingerprint density at radius 3 is 1.03 bits per heavy atom. The molecule has 6 heteroatoms. The van der Waals surface area contributed by atoms with Crippen LogP contribution >= 0.6 is 0 Å². The van der Waals surface area contributed by atoms with Gasteiger partial charge in [-0.25, -0.2) is 0 Å². The highest BCUT2D eigenvalue weighted by molar-refractivity contribution is 5.77. The van der Waals surface area contributed by atoms with Gasteiger partial charge in [-0.2, -0.15) is 0 Å². The zero-order chi connectivity index (χ0) is 43.1. The molecule has 0 aromatic heterocycles. The van der Waals surface area contributed by atoms with Crippen molar-refractivity contribution >= 4 is 11.9 Å². The number of nitrogens with one attached hydrogen (secondary N) is 1. The standard InChI is InChI=1S/C53H105NO5/c1-4-7-10-13-16-19-22-25-26-27-28-30-33-36-39-42-45-51(56)50(48-55)54-52(57)47-49(44-41-38-35-32-29-23-20-17-14-11-8-5-2)59-53(58)46-43-40-37-34-31-24-21-18-15-12-9-6-3/h49-51,55-56H,4-48H2,1-3H3,(H,54,57). The number of rotatable bonds is 49. The van der Waals surface area contributed by atoms with Crippen molar-refractivity contribution in [3.05, 3.63) is 0 Å². The molecular weight excluding hydrogens is 731 g/mol. The van der Waals surface area contributed by atoms with E-state index in [0.717, 1.165) is 44.9 Å². The third-order valence-electron chi connectivity index (χ3n) is 12.7. The summed E-state index contributed by atoms with van der Waals surface area (Å²) in [5, 5.41) is 23.8. The van der Waals surface area contributed by atoms with Gasteiger partial charge in [0.2, 0.25) is 5.91 Å². The first-order valence-corrected chi connectivity index (χ1v) is 26.8. The number of carbonyl (C=O) groups is 2. The summed E-state index contributed by atoms with van der Waals surface area (Å²) in [7, 11) is 0. The molecule has 0 radical (unpaired) electrons. The Morgan fingerprint density at radius 2 is 0.712 bits per heavy atom. The molecule has 59 heavy (non-hydrogen) atoms. The molecule has 0 aliphatic rings. The van der Waals surface area contributed by atoms with Gasteiger partial charge in [0.25, 0.3) is 0 Å². The maximum Gasteiger partial charge on any atom is 0.306 e. The molecule has 0 aromatic rings. The fourth-order valence-electron chi connectivity index (χ4n) is 8.61. The maximum atomic E-state index is 13.2. The highest BCUT2D eigenvalue weighted by atomic mass is 16.5. The zero-order valence-electron chi connectivity index (χ0n) is 40.2. The lowest BCUT2D eigenvalue weighted by Crippen LogP contribution is -2.46. The molecule has 0 saturated heterocycles. The summed E-state index contributed by atoms with van der Waals surface area (Å²) in [6.45, 7) is 6.51. The van der Waals surface area contributed by atoms with Gasteiger partial charge in [-0.3, -0.25) is 9.59 Å². The summed E-state index contributed by atoms with van der Waals surface area (Å²) in [6, 6.07) is -0.692. The van der Waals surface area contributed by atoms with Gasteiger partial charge in [0.1, 0.15) is 6.10 Å². The number of ether oxygens (including phenoxy) is 1. The Hall–Kier alpha value is -1.14. The van der Waals surface area contributed by atoms with Crippen molar-refractivity contribution in [1.29, 1.82) is 0 Å². The van der Waals surface area contributed by atoms with Crippen molar-refractivity contribution in [2.75, 3.05) is 6.61 Å². The normalized spacial score (nSPS) is 13.1. The Morgan fingerprint density at radius 1 is 0.424 bits per heavy atom. The quantitative estimate of drug-likeness (QED) is 0.0419. The number of hydrogen-bond acceptors (Lipinski definition) is 5.